The van der Waals surface area contributed by atoms with Crippen molar-refractivity contribution in [1.82, 2.24) is 9.21 Å². The SMILES string of the molecule is C[C@H](CO)N1C[C@H](C)[C@@H](CN(C)S(=O)(=O)c2ccccc2)Oc2ccc(N(C)C)cc2CC1=O. The van der Waals surface area contributed by atoms with E-state index in [1.165, 1.54) is 4.31 Å². The minimum Gasteiger partial charge on any atom is -0.488 e. The first-order valence-corrected chi connectivity index (χ1v) is 12.9. The molecule has 0 unspecified atom stereocenters. The number of ether oxygens (including phenoxy) is 1. The molecule has 0 saturated heterocycles. The van der Waals surface area contributed by atoms with E-state index in [9.17, 15) is 18.3 Å². The summed E-state index contributed by atoms with van der Waals surface area (Å²) in [5.74, 6) is 0.283. The molecular weight excluding hydrogens is 454 g/mol. The maximum atomic E-state index is 13.2. The van der Waals surface area contributed by atoms with E-state index in [4.69, 9.17) is 4.74 Å². The molecule has 186 valence electrons. The second-order valence-corrected chi connectivity index (χ2v) is 11.2. The zero-order valence-electron chi connectivity index (χ0n) is 20.5. The summed E-state index contributed by atoms with van der Waals surface area (Å²) in [6.07, 6.45) is -0.370. The molecule has 1 heterocycles. The van der Waals surface area contributed by atoms with E-state index in [2.05, 4.69) is 0 Å². The van der Waals surface area contributed by atoms with Gasteiger partial charge in [0.2, 0.25) is 15.9 Å². The lowest BCUT2D eigenvalue weighted by molar-refractivity contribution is -0.134. The number of fused-ring (bicyclic) bond motifs is 1. The standard InChI is InChI=1S/C25H35N3O5S/c1-18-15-28(19(2)17-29)25(30)14-20-13-21(26(3)4)11-12-23(20)33-24(18)16-27(5)34(31,32)22-9-7-6-8-10-22/h6-13,18-19,24,29H,14-17H2,1-5H3/t18-,19+,24+/m0/s1. The number of sulfonamides is 1. The topological polar surface area (TPSA) is 90.4 Å². The molecule has 2 aromatic rings. The van der Waals surface area contributed by atoms with Gasteiger partial charge in [0.05, 0.1) is 30.5 Å². The minimum atomic E-state index is -3.71. The summed E-state index contributed by atoms with van der Waals surface area (Å²) >= 11 is 0. The molecule has 0 spiro atoms. The molecule has 2 aromatic carbocycles. The van der Waals surface area contributed by atoms with Gasteiger partial charge in [-0.1, -0.05) is 25.1 Å². The highest BCUT2D eigenvalue weighted by Crippen LogP contribution is 2.30. The largest absolute Gasteiger partial charge is 0.488 e. The zero-order chi connectivity index (χ0) is 25.0. The van der Waals surface area contributed by atoms with E-state index in [-0.39, 0.29) is 42.3 Å². The molecule has 34 heavy (non-hydrogen) atoms. The monoisotopic (exact) mass is 489 g/mol. The maximum absolute atomic E-state index is 13.2. The Hall–Kier alpha value is -2.62. The predicted molar refractivity (Wildman–Crippen MR) is 133 cm³/mol. The lowest BCUT2D eigenvalue weighted by Gasteiger charge is -2.33. The van der Waals surface area contributed by atoms with Crippen molar-refractivity contribution in [1.29, 1.82) is 0 Å². The summed E-state index contributed by atoms with van der Waals surface area (Å²) in [6.45, 7) is 4.05. The van der Waals surface area contributed by atoms with Crippen LogP contribution < -0.4 is 9.64 Å². The van der Waals surface area contributed by atoms with Crippen LogP contribution >= 0.6 is 0 Å². The molecule has 0 radical (unpaired) electrons. The Morgan fingerprint density at radius 1 is 1.15 bits per heavy atom. The minimum absolute atomic E-state index is 0.0972. The van der Waals surface area contributed by atoms with Gasteiger partial charge < -0.3 is 19.6 Å². The molecule has 0 saturated carbocycles. The van der Waals surface area contributed by atoms with Gasteiger partial charge in [0, 0.05) is 44.9 Å². The van der Waals surface area contributed by atoms with Gasteiger partial charge in [-0.25, -0.2) is 8.42 Å². The van der Waals surface area contributed by atoms with Crippen LogP contribution in [0.25, 0.3) is 0 Å². The summed E-state index contributed by atoms with van der Waals surface area (Å²) in [5.41, 5.74) is 1.67. The van der Waals surface area contributed by atoms with Crippen LogP contribution in [0.5, 0.6) is 5.75 Å². The second-order valence-electron chi connectivity index (χ2n) is 9.17. The lowest BCUT2D eigenvalue weighted by Crippen LogP contribution is -2.48. The summed E-state index contributed by atoms with van der Waals surface area (Å²) in [4.78, 5) is 17.1. The van der Waals surface area contributed by atoms with Crippen LogP contribution in [0.2, 0.25) is 0 Å². The van der Waals surface area contributed by atoms with Crippen molar-refractivity contribution in [3.05, 3.63) is 54.1 Å². The number of amides is 1. The molecule has 8 nitrogen and oxygen atoms in total. The van der Waals surface area contributed by atoms with E-state index in [1.54, 1.807) is 42.3 Å². The molecule has 3 atom stereocenters. The van der Waals surface area contributed by atoms with Gasteiger partial charge >= 0.3 is 0 Å². The van der Waals surface area contributed by atoms with E-state index in [0.717, 1.165) is 11.3 Å². The molecule has 1 aliphatic rings. The van der Waals surface area contributed by atoms with Gasteiger partial charge in [0.1, 0.15) is 11.9 Å². The molecule has 0 bridgehead atoms. The number of anilines is 1. The van der Waals surface area contributed by atoms with Crippen LogP contribution in [0.3, 0.4) is 0 Å². The molecule has 3 rings (SSSR count). The number of benzene rings is 2. The van der Waals surface area contributed by atoms with Gasteiger partial charge in [-0.3, -0.25) is 4.79 Å². The Balaban J connectivity index is 1.98. The highest BCUT2D eigenvalue weighted by molar-refractivity contribution is 7.89. The highest BCUT2D eigenvalue weighted by Gasteiger charge is 2.33. The summed E-state index contributed by atoms with van der Waals surface area (Å²) in [7, 11) is 1.68. The van der Waals surface area contributed by atoms with E-state index >= 15 is 0 Å². The number of carbonyl (C=O) groups is 1. The van der Waals surface area contributed by atoms with Crippen molar-refractivity contribution >= 4 is 21.6 Å². The molecular formula is C25H35N3O5S. The average molecular weight is 490 g/mol. The Labute approximate surface area is 202 Å². The third-order valence-electron chi connectivity index (χ3n) is 6.30. The van der Waals surface area contributed by atoms with Crippen LogP contribution in [0, 0.1) is 5.92 Å². The fourth-order valence-corrected chi connectivity index (χ4v) is 5.24. The molecule has 1 N–H and O–H groups in total. The normalized spacial score (nSPS) is 20.1. The first-order chi connectivity index (χ1) is 16.0. The lowest BCUT2D eigenvalue weighted by atomic mass is 10.0. The number of aliphatic hydroxyl groups is 1. The molecule has 0 aliphatic carbocycles. The Morgan fingerprint density at radius 3 is 2.44 bits per heavy atom. The number of likely N-dealkylation sites (N-methyl/N-ethyl adjacent to an activating group) is 1. The van der Waals surface area contributed by atoms with Crippen molar-refractivity contribution in [3.63, 3.8) is 0 Å². The number of rotatable bonds is 7. The zero-order valence-corrected chi connectivity index (χ0v) is 21.3. The third kappa shape index (κ3) is 5.71. The van der Waals surface area contributed by atoms with Crippen LogP contribution in [-0.2, 0) is 21.2 Å². The van der Waals surface area contributed by atoms with Gasteiger partial charge in [-0.05, 0) is 37.3 Å². The second kappa shape index (κ2) is 10.8. The fourth-order valence-electron chi connectivity index (χ4n) is 4.04. The number of hydrogen-bond acceptors (Lipinski definition) is 6. The smallest absolute Gasteiger partial charge is 0.242 e. The average Bonchev–Trinajstić information content (AvgIpc) is 2.86. The van der Waals surface area contributed by atoms with Crippen molar-refractivity contribution in [3.8, 4) is 5.75 Å². The van der Waals surface area contributed by atoms with Crippen molar-refractivity contribution in [2.45, 2.75) is 37.3 Å². The van der Waals surface area contributed by atoms with Gasteiger partial charge in [-0.15, -0.1) is 0 Å². The molecule has 0 aromatic heterocycles. The molecule has 1 aliphatic heterocycles. The fraction of sp³-hybridized carbons (Fsp3) is 0.480. The molecule has 1 amide bonds. The summed E-state index contributed by atoms with van der Waals surface area (Å²) in [6, 6.07) is 13.6. The highest BCUT2D eigenvalue weighted by atomic mass is 32.2. The molecule has 9 heteroatoms. The van der Waals surface area contributed by atoms with Gasteiger partial charge in [0.15, 0.2) is 0 Å². The quantitative estimate of drug-likeness (QED) is 0.642. The van der Waals surface area contributed by atoms with Crippen LogP contribution in [-0.4, -0.2) is 81.6 Å². The number of nitrogens with zero attached hydrogens (tertiary/aromatic N) is 3. The predicted octanol–water partition coefficient (Wildman–Crippen LogP) is 2.22. The first kappa shape index (κ1) is 26.0. The molecule has 0 fully saturated rings. The van der Waals surface area contributed by atoms with E-state index < -0.39 is 16.1 Å². The van der Waals surface area contributed by atoms with Crippen molar-refractivity contribution in [2.24, 2.45) is 5.92 Å². The Morgan fingerprint density at radius 2 is 1.82 bits per heavy atom. The third-order valence-corrected chi connectivity index (χ3v) is 8.14. The maximum Gasteiger partial charge on any atom is 0.242 e. The van der Waals surface area contributed by atoms with E-state index in [1.807, 2.05) is 51.0 Å². The Kier molecular flexibility index (Phi) is 8.22. The van der Waals surface area contributed by atoms with Crippen molar-refractivity contribution < 1.29 is 23.1 Å². The van der Waals surface area contributed by atoms with Crippen molar-refractivity contribution in [2.75, 3.05) is 45.7 Å². The number of aliphatic hydroxyl groups excluding tert-OH is 1. The van der Waals surface area contributed by atoms with Crippen LogP contribution in [0.15, 0.2) is 53.4 Å². The number of hydrogen-bond donors (Lipinski definition) is 1. The van der Waals surface area contributed by atoms with Crippen LogP contribution in [0.4, 0.5) is 5.69 Å². The first-order valence-electron chi connectivity index (χ1n) is 11.4. The Bertz CT molecular complexity index is 1090. The van der Waals surface area contributed by atoms with Crippen LogP contribution in [0.1, 0.15) is 19.4 Å². The summed E-state index contributed by atoms with van der Waals surface area (Å²) in [5, 5.41) is 9.76. The summed E-state index contributed by atoms with van der Waals surface area (Å²) < 4.78 is 34.0. The number of carbonyl (C=O) groups excluding carboxylic acids is 1. The van der Waals surface area contributed by atoms with Gasteiger partial charge in [0.25, 0.3) is 0 Å². The van der Waals surface area contributed by atoms with E-state index in [0.29, 0.717) is 12.3 Å². The van der Waals surface area contributed by atoms with Gasteiger partial charge in [-0.2, -0.15) is 4.31 Å².